The van der Waals surface area contributed by atoms with Gasteiger partial charge in [-0.2, -0.15) is 0 Å². The minimum absolute atomic E-state index is 0.176. The summed E-state index contributed by atoms with van der Waals surface area (Å²) in [7, 11) is 0. The Bertz CT molecular complexity index is 588. The second kappa shape index (κ2) is 7.51. The van der Waals surface area contributed by atoms with Crippen LogP contribution in [0, 0.1) is 0 Å². The van der Waals surface area contributed by atoms with Crippen LogP contribution in [0.25, 0.3) is 0 Å². The molecule has 106 valence electrons. The SMILES string of the molecule is CCC(N)Cc1cccc(Cl)c1Sc1cccc(Br)c1. The van der Waals surface area contributed by atoms with Gasteiger partial charge in [-0.3, -0.25) is 0 Å². The Morgan fingerprint density at radius 1 is 1.25 bits per heavy atom. The molecule has 1 atom stereocenters. The van der Waals surface area contributed by atoms with E-state index in [-0.39, 0.29) is 6.04 Å². The van der Waals surface area contributed by atoms with E-state index in [4.69, 9.17) is 17.3 Å². The maximum atomic E-state index is 6.37. The molecule has 1 nitrogen and oxygen atoms in total. The number of rotatable bonds is 5. The molecule has 0 aliphatic carbocycles. The van der Waals surface area contributed by atoms with Crippen LogP contribution < -0.4 is 5.73 Å². The van der Waals surface area contributed by atoms with Gasteiger partial charge in [0, 0.05) is 20.3 Å². The minimum atomic E-state index is 0.176. The van der Waals surface area contributed by atoms with Crippen molar-refractivity contribution in [3.8, 4) is 0 Å². The molecule has 2 N–H and O–H groups in total. The van der Waals surface area contributed by atoms with Gasteiger partial charge < -0.3 is 5.73 Å². The third-order valence-electron chi connectivity index (χ3n) is 3.07. The third-order valence-corrected chi connectivity index (χ3v) is 5.17. The molecule has 1 unspecified atom stereocenters. The molecule has 0 saturated heterocycles. The van der Waals surface area contributed by atoms with Gasteiger partial charge in [-0.05, 0) is 42.7 Å². The lowest BCUT2D eigenvalue weighted by Gasteiger charge is -2.14. The Hall–Kier alpha value is -0.480. The van der Waals surface area contributed by atoms with E-state index in [1.807, 2.05) is 24.3 Å². The predicted molar refractivity (Wildman–Crippen MR) is 91.7 cm³/mol. The van der Waals surface area contributed by atoms with Crippen LogP contribution >= 0.6 is 39.3 Å². The fourth-order valence-corrected chi connectivity index (χ4v) is 3.78. The predicted octanol–water partition coefficient (Wildman–Crippen LogP) is 5.53. The van der Waals surface area contributed by atoms with Crippen LogP contribution in [0.15, 0.2) is 56.7 Å². The van der Waals surface area contributed by atoms with Crippen molar-refractivity contribution in [1.29, 1.82) is 0 Å². The Morgan fingerprint density at radius 3 is 2.70 bits per heavy atom. The van der Waals surface area contributed by atoms with E-state index >= 15 is 0 Å². The van der Waals surface area contributed by atoms with Gasteiger partial charge in [0.1, 0.15) is 0 Å². The zero-order chi connectivity index (χ0) is 14.5. The Balaban J connectivity index is 2.30. The fraction of sp³-hybridized carbons (Fsp3) is 0.250. The quantitative estimate of drug-likeness (QED) is 0.748. The number of halogens is 2. The van der Waals surface area contributed by atoms with Gasteiger partial charge >= 0.3 is 0 Å². The first-order valence-electron chi connectivity index (χ1n) is 6.56. The average molecular weight is 371 g/mol. The molecular formula is C16H17BrClNS. The van der Waals surface area contributed by atoms with Crippen molar-refractivity contribution in [3.63, 3.8) is 0 Å². The molecule has 2 aromatic rings. The Morgan fingerprint density at radius 2 is 2.00 bits per heavy atom. The molecule has 0 radical (unpaired) electrons. The van der Waals surface area contributed by atoms with E-state index in [9.17, 15) is 0 Å². The van der Waals surface area contributed by atoms with Gasteiger partial charge in [-0.25, -0.2) is 0 Å². The topological polar surface area (TPSA) is 26.0 Å². The molecule has 0 spiro atoms. The van der Waals surface area contributed by atoms with Crippen molar-refractivity contribution in [2.24, 2.45) is 5.73 Å². The Kier molecular flexibility index (Phi) is 5.97. The molecule has 20 heavy (non-hydrogen) atoms. The van der Waals surface area contributed by atoms with E-state index in [1.165, 1.54) is 10.5 Å². The number of hydrogen-bond acceptors (Lipinski definition) is 2. The van der Waals surface area contributed by atoms with Crippen molar-refractivity contribution in [2.75, 3.05) is 0 Å². The second-order valence-corrected chi connectivity index (χ2v) is 7.07. The average Bonchev–Trinajstić information content (AvgIpc) is 2.42. The van der Waals surface area contributed by atoms with Crippen molar-refractivity contribution < 1.29 is 0 Å². The molecular weight excluding hydrogens is 354 g/mol. The normalized spacial score (nSPS) is 12.4. The first kappa shape index (κ1) is 15.9. The van der Waals surface area contributed by atoms with E-state index < -0.39 is 0 Å². The molecule has 0 fully saturated rings. The monoisotopic (exact) mass is 369 g/mol. The molecule has 0 aliphatic heterocycles. The molecule has 0 aliphatic rings. The van der Waals surface area contributed by atoms with Crippen LogP contribution in [0.5, 0.6) is 0 Å². The van der Waals surface area contributed by atoms with Crippen LogP contribution in [0.1, 0.15) is 18.9 Å². The van der Waals surface area contributed by atoms with E-state index in [1.54, 1.807) is 11.8 Å². The van der Waals surface area contributed by atoms with Gasteiger partial charge in [0.25, 0.3) is 0 Å². The molecule has 4 heteroatoms. The van der Waals surface area contributed by atoms with Crippen LogP contribution in [0.4, 0.5) is 0 Å². The summed E-state index contributed by atoms with van der Waals surface area (Å²) in [6.07, 6.45) is 1.82. The molecule has 2 aromatic carbocycles. The highest BCUT2D eigenvalue weighted by Gasteiger charge is 2.11. The molecule has 2 rings (SSSR count). The maximum absolute atomic E-state index is 6.37. The third kappa shape index (κ3) is 4.26. The summed E-state index contributed by atoms with van der Waals surface area (Å²) >= 11 is 11.6. The zero-order valence-electron chi connectivity index (χ0n) is 11.3. The van der Waals surface area contributed by atoms with Crippen LogP contribution in [0.3, 0.4) is 0 Å². The van der Waals surface area contributed by atoms with Gasteiger partial charge in [0.05, 0.1) is 5.02 Å². The van der Waals surface area contributed by atoms with Crippen molar-refractivity contribution >= 4 is 39.3 Å². The summed E-state index contributed by atoms with van der Waals surface area (Å²) in [5, 5.41) is 0.788. The standard InChI is InChI=1S/C16H17BrClNS/c1-2-13(19)9-11-5-3-8-15(18)16(11)20-14-7-4-6-12(17)10-14/h3-8,10,13H,2,9,19H2,1H3. The van der Waals surface area contributed by atoms with Crippen LogP contribution in [0.2, 0.25) is 5.02 Å². The maximum Gasteiger partial charge on any atom is 0.0548 e. The largest absolute Gasteiger partial charge is 0.327 e. The van der Waals surface area contributed by atoms with Crippen LogP contribution in [-0.2, 0) is 6.42 Å². The summed E-state index contributed by atoms with van der Waals surface area (Å²) in [4.78, 5) is 2.27. The lowest BCUT2D eigenvalue weighted by Crippen LogP contribution is -2.21. The first-order chi connectivity index (χ1) is 9.60. The highest BCUT2D eigenvalue weighted by molar-refractivity contribution is 9.10. The zero-order valence-corrected chi connectivity index (χ0v) is 14.4. The number of nitrogens with two attached hydrogens (primary N) is 1. The van der Waals surface area contributed by atoms with Crippen molar-refractivity contribution in [1.82, 2.24) is 0 Å². The van der Waals surface area contributed by atoms with Gasteiger partial charge in [0.15, 0.2) is 0 Å². The summed E-state index contributed by atoms with van der Waals surface area (Å²) in [5.41, 5.74) is 7.30. The second-order valence-electron chi connectivity index (χ2n) is 4.66. The van der Waals surface area contributed by atoms with Crippen molar-refractivity contribution in [3.05, 3.63) is 57.5 Å². The Labute approximate surface area is 138 Å². The van der Waals surface area contributed by atoms with Gasteiger partial charge in [0.2, 0.25) is 0 Å². The molecule has 0 saturated carbocycles. The van der Waals surface area contributed by atoms with Gasteiger partial charge in [-0.1, -0.05) is 64.4 Å². The van der Waals surface area contributed by atoms with Crippen molar-refractivity contribution in [2.45, 2.75) is 35.6 Å². The fourth-order valence-electron chi connectivity index (χ4n) is 1.90. The van der Waals surface area contributed by atoms with E-state index in [2.05, 4.69) is 41.1 Å². The van der Waals surface area contributed by atoms with Crippen LogP contribution in [-0.4, -0.2) is 6.04 Å². The molecule has 0 bridgehead atoms. The molecule has 0 amide bonds. The lowest BCUT2D eigenvalue weighted by molar-refractivity contribution is 0.641. The summed E-state index contributed by atoms with van der Waals surface area (Å²) < 4.78 is 1.07. The number of hydrogen-bond donors (Lipinski definition) is 1. The smallest absolute Gasteiger partial charge is 0.0548 e. The highest BCUT2D eigenvalue weighted by atomic mass is 79.9. The molecule has 0 heterocycles. The summed E-state index contributed by atoms with van der Waals surface area (Å²) in [6, 6.07) is 14.4. The van der Waals surface area contributed by atoms with Gasteiger partial charge in [-0.15, -0.1) is 0 Å². The summed E-state index contributed by atoms with van der Waals surface area (Å²) in [6.45, 7) is 2.11. The summed E-state index contributed by atoms with van der Waals surface area (Å²) in [5.74, 6) is 0. The molecule has 0 aromatic heterocycles. The number of benzene rings is 2. The first-order valence-corrected chi connectivity index (χ1v) is 8.55. The van der Waals surface area contributed by atoms with E-state index in [0.717, 1.165) is 27.2 Å². The highest BCUT2D eigenvalue weighted by Crippen LogP contribution is 2.37. The minimum Gasteiger partial charge on any atom is -0.327 e. The lowest BCUT2D eigenvalue weighted by atomic mass is 10.0. The van der Waals surface area contributed by atoms with E-state index in [0.29, 0.717) is 0 Å².